The van der Waals surface area contributed by atoms with Crippen molar-refractivity contribution in [2.75, 3.05) is 13.1 Å². The molecule has 0 aliphatic heterocycles. The molecule has 1 aliphatic rings. The van der Waals surface area contributed by atoms with Gasteiger partial charge in [-0.05, 0) is 30.5 Å². The van der Waals surface area contributed by atoms with Crippen LogP contribution in [-0.2, 0) is 16.1 Å². The summed E-state index contributed by atoms with van der Waals surface area (Å²) in [6, 6.07) is 5.55. The van der Waals surface area contributed by atoms with Gasteiger partial charge in [-0.3, -0.25) is 9.59 Å². The van der Waals surface area contributed by atoms with Crippen LogP contribution in [0.2, 0.25) is 10.0 Å². The molecule has 2 rings (SSSR count). The fourth-order valence-electron chi connectivity index (χ4n) is 1.99. The zero-order valence-electron chi connectivity index (χ0n) is 11.4. The van der Waals surface area contributed by atoms with Crippen LogP contribution in [0.3, 0.4) is 0 Å². The predicted molar refractivity (Wildman–Crippen MR) is 82.1 cm³/mol. The monoisotopic (exact) mass is 329 g/mol. The second-order valence-electron chi connectivity index (χ2n) is 4.98. The molecule has 0 bridgehead atoms. The molecule has 7 heteroatoms. The number of rotatable bonds is 6. The first kappa shape index (κ1) is 16.1. The highest BCUT2D eigenvalue weighted by molar-refractivity contribution is 6.42. The van der Waals surface area contributed by atoms with Crippen molar-refractivity contribution in [3.63, 3.8) is 0 Å². The molecule has 0 saturated heterocycles. The number of amides is 2. The average Bonchev–Trinajstić information content (AvgIpc) is 3.30. The second-order valence-corrected chi connectivity index (χ2v) is 5.80. The summed E-state index contributed by atoms with van der Waals surface area (Å²) in [6.07, 6.45) is 1.97. The molecule has 0 aromatic heterocycles. The van der Waals surface area contributed by atoms with E-state index < -0.39 is 0 Å². The van der Waals surface area contributed by atoms with Crippen LogP contribution < -0.4 is 11.1 Å². The SMILES string of the molecule is NCC(=O)NCC(=O)N(Cc1ccc(Cl)c(Cl)c1)C1CC1. The van der Waals surface area contributed by atoms with Crippen LogP contribution in [0.1, 0.15) is 18.4 Å². The highest BCUT2D eigenvalue weighted by atomic mass is 35.5. The lowest BCUT2D eigenvalue weighted by Crippen LogP contribution is -2.42. The minimum absolute atomic E-state index is 0.0339. The lowest BCUT2D eigenvalue weighted by molar-refractivity contribution is -0.133. The maximum Gasteiger partial charge on any atom is 0.242 e. The Morgan fingerprint density at radius 1 is 1.29 bits per heavy atom. The third-order valence-electron chi connectivity index (χ3n) is 3.27. The van der Waals surface area contributed by atoms with E-state index in [1.54, 1.807) is 17.0 Å². The van der Waals surface area contributed by atoms with Crippen LogP contribution >= 0.6 is 23.2 Å². The summed E-state index contributed by atoms with van der Waals surface area (Å²) in [4.78, 5) is 25.1. The van der Waals surface area contributed by atoms with Crippen LogP contribution in [0, 0.1) is 0 Å². The van der Waals surface area contributed by atoms with Gasteiger partial charge in [0.2, 0.25) is 11.8 Å². The topological polar surface area (TPSA) is 75.4 Å². The van der Waals surface area contributed by atoms with Gasteiger partial charge < -0.3 is 16.0 Å². The van der Waals surface area contributed by atoms with E-state index in [1.165, 1.54) is 0 Å². The van der Waals surface area contributed by atoms with Gasteiger partial charge in [0.1, 0.15) is 0 Å². The Kier molecular flexibility index (Phi) is 5.45. The van der Waals surface area contributed by atoms with Crippen molar-refractivity contribution in [3.05, 3.63) is 33.8 Å². The van der Waals surface area contributed by atoms with Crippen molar-refractivity contribution in [2.45, 2.75) is 25.4 Å². The van der Waals surface area contributed by atoms with E-state index in [-0.39, 0.29) is 30.9 Å². The van der Waals surface area contributed by atoms with Crippen molar-refractivity contribution in [3.8, 4) is 0 Å². The standard InChI is InChI=1S/C14H17Cl2N3O2/c15-11-4-1-9(5-12(11)16)8-19(10-2-3-10)14(21)7-18-13(20)6-17/h1,4-5,10H,2-3,6-8,17H2,(H,18,20). The fraction of sp³-hybridized carbons (Fsp3) is 0.429. The van der Waals surface area contributed by atoms with Gasteiger partial charge in [0, 0.05) is 12.6 Å². The van der Waals surface area contributed by atoms with Crippen LogP contribution in [0.15, 0.2) is 18.2 Å². The molecule has 3 N–H and O–H groups in total. The Bertz CT molecular complexity index is 547. The molecule has 5 nitrogen and oxygen atoms in total. The lowest BCUT2D eigenvalue weighted by Gasteiger charge is -2.23. The lowest BCUT2D eigenvalue weighted by atomic mass is 10.2. The van der Waals surface area contributed by atoms with E-state index >= 15 is 0 Å². The number of carbonyl (C=O) groups excluding carboxylic acids is 2. The van der Waals surface area contributed by atoms with Crippen molar-refractivity contribution < 1.29 is 9.59 Å². The van der Waals surface area contributed by atoms with Crippen molar-refractivity contribution in [1.82, 2.24) is 10.2 Å². The van der Waals surface area contributed by atoms with Gasteiger partial charge in [0.15, 0.2) is 0 Å². The molecule has 0 radical (unpaired) electrons. The zero-order chi connectivity index (χ0) is 15.4. The first-order chi connectivity index (χ1) is 10.0. The smallest absolute Gasteiger partial charge is 0.242 e. The largest absolute Gasteiger partial charge is 0.346 e. The highest BCUT2D eigenvalue weighted by Crippen LogP contribution is 2.30. The molecule has 0 unspecified atom stereocenters. The van der Waals surface area contributed by atoms with Crippen molar-refractivity contribution in [2.24, 2.45) is 5.73 Å². The van der Waals surface area contributed by atoms with Gasteiger partial charge in [0.25, 0.3) is 0 Å². The van der Waals surface area contributed by atoms with E-state index in [0.29, 0.717) is 16.6 Å². The predicted octanol–water partition coefficient (Wildman–Crippen LogP) is 1.56. The summed E-state index contributed by atoms with van der Waals surface area (Å²) >= 11 is 11.9. The summed E-state index contributed by atoms with van der Waals surface area (Å²) < 4.78 is 0. The minimum Gasteiger partial charge on any atom is -0.346 e. The molecule has 0 spiro atoms. The number of carbonyl (C=O) groups is 2. The minimum atomic E-state index is -0.339. The molecule has 21 heavy (non-hydrogen) atoms. The van der Waals surface area contributed by atoms with E-state index in [1.807, 2.05) is 6.07 Å². The van der Waals surface area contributed by atoms with Crippen molar-refractivity contribution in [1.29, 1.82) is 0 Å². The van der Waals surface area contributed by atoms with Gasteiger partial charge in [-0.15, -0.1) is 0 Å². The zero-order valence-corrected chi connectivity index (χ0v) is 13.0. The van der Waals surface area contributed by atoms with Gasteiger partial charge in [-0.1, -0.05) is 29.3 Å². The van der Waals surface area contributed by atoms with Gasteiger partial charge in [-0.2, -0.15) is 0 Å². The third kappa shape index (κ3) is 4.59. The van der Waals surface area contributed by atoms with Crippen LogP contribution in [-0.4, -0.2) is 35.8 Å². The molecule has 2 amide bonds. The summed E-state index contributed by atoms with van der Waals surface area (Å²) in [5.74, 6) is -0.459. The van der Waals surface area contributed by atoms with E-state index in [0.717, 1.165) is 18.4 Å². The van der Waals surface area contributed by atoms with Crippen LogP contribution in [0.25, 0.3) is 0 Å². The molecule has 0 heterocycles. The molecule has 1 fully saturated rings. The fourth-order valence-corrected chi connectivity index (χ4v) is 2.31. The Balaban J connectivity index is 2.00. The highest BCUT2D eigenvalue weighted by Gasteiger charge is 2.32. The average molecular weight is 330 g/mol. The molecule has 1 saturated carbocycles. The Hall–Kier alpha value is -1.30. The van der Waals surface area contributed by atoms with Gasteiger partial charge in [0.05, 0.1) is 23.1 Å². The molecular weight excluding hydrogens is 313 g/mol. The summed E-state index contributed by atoms with van der Waals surface area (Å²) in [6.45, 7) is 0.302. The van der Waals surface area contributed by atoms with Crippen LogP contribution in [0.5, 0.6) is 0 Å². The number of hydrogen-bond acceptors (Lipinski definition) is 3. The molecule has 0 atom stereocenters. The van der Waals surface area contributed by atoms with E-state index in [2.05, 4.69) is 5.32 Å². The molecule has 1 aliphatic carbocycles. The Labute approximate surface area is 133 Å². The van der Waals surface area contributed by atoms with Crippen molar-refractivity contribution >= 4 is 35.0 Å². The number of benzene rings is 1. The maximum atomic E-state index is 12.2. The summed E-state index contributed by atoms with van der Waals surface area (Å²) in [7, 11) is 0. The normalized spacial score (nSPS) is 13.9. The van der Waals surface area contributed by atoms with E-state index in [9.17, 15) is 9.59 Å². The first-order valence-electron chi connectivity index (χ1n) is 6.71. The quantitative estimate of drug-likeness (QED) is 0.831. The summed E-state index contributed by atoms with van der Waals surface area (Å²) in [5, 5.41) is 3.45. The molecule has 1 aromatic rings. The number of nitrogens with one attached hydrogen (secondary N) is 1. The number of nitrogens with two attached hydrogens (primary N) is 1. The summed E-state index contributed by atoms with van der Waals surface area (Å²) in [5.41, 5.74) is 6.11. The van der Waals surface area contributed by atoms with Gasteiger partial charge >= 0.3 is 0 Å². The maximum absolute atomic E-state index is 12.2. The second kappa shape index (κ2) is 7.11. The number of halogens is 2. The molecular formula is C14H17Cl2N3O2. The molecule has 114 valence electrons. The Morgan fingerprint density at radius 2 is 2.00 bits per heavy atom. The van der Waals surface area contributed by atoms with E-state index in [4.69, 9.17) is 28.9 Å². The Morgan fingerprint density at radius 3 is 2.57 bits per heavy atom. The van der Waals surface area contributed by atoms with Gasteiger partial charge in [-0.25, -0.2) is 0 Å². The first-order valence-corrected chi connectivity index (χ1v) is 7.47. The number of nitrogens with zero attached hydrogens (tertiary/aromatic N) is 1. The number of hydrogen-bond donors (Lipinski definition) is 2. The van der Waals surface area contributed by atoms with Crippen LogP contribution in [0.4, 0.5) is 0 Å². The molecule has 1 aromatic carbocycles. The third-order valence-corrected chi connectivity index (χ3v) is 4.01.